The Kier molecular flexibility index (Phi) is 6.64. The van der Waals surface area contributed by atoms with Crippen LogP contribution in [0.25, 0.3) is 0 Å². The first kappa shape index (κ1) is 21.7. The second-order valence-electron chi connectivity index (χ2n) is 10.4. The number of anilines is 1. The van der Waals surface area contributed by atoms with Gasteiger partial charge in [0.15, 0.2) is 0 Å². The van der Waals surface area contributed by atoms with Gasteiger partial charge in [0.2, 0.25) is 5.91 Å². The van der Waals surface area contributed by atoms with Crippen molar-refractivity contribution >= 4 is 11.6 Å². The molecule has 2 aromatic carbocycles. The number of rotatable bonds is 2. The van der Waals surface area contributed by atoms with Gasteiger partial charge in [0.05, 0.1) is 0 Å². The molecule has 2 heterocycles. The minimum Gasteiger partial charge on any atom is -0.312 e. The van der Waals surface area contributed by atoms with Gasteiger partial charge in [0, 0.05) is 43.1 Å². The Balaban J connectivity index is 1.42. The Labute approximate surface area is 193 Å². The fourth-order valence-electron chi connectivity index (χ4n) is 6.38. The van der Waals surface area contributed by atoms with Gasteiger partial charge in [-0.05, 0) is 41.7 Å². The van der Waals surface area contributed by atoms with E-state index >= 15 is 0 Å². The molecule has 1 saturated heterocycles. The summed E-state index contributed by atoms with van der Waals surface area (Å²) in [6.07, 6.45) is 14.1. The molecule has 170 valence electrons. The Bertz CT molecular complexity index is 910. The van der Waals surface area contributed by atoms with Crippen LogP contribution in [0.4, 0.5) is 5.69 Å². The van der Waals surface area contributed by atoms with Gasteiger partial charge in [-0.2, -0.15) is 0 Å². The number of fused-ring (bicyclic) bond motifs is 2. The lowest BCUT2D eigenvalue weighted by atomic mass is 9.69. The zero-order valence-corrected chi connectivity index (χ0v) is 19.5. The van der Waals surface area contributed by atoms with Crippen LogP contribution in [0.5, 0.6) is 0 Å². The lowest BCUT2D eigenvalue weighted by molar-refractivity contribution is -0.117. The highest BCUT2D eigenvalue weighted by Gasteiger charge is 2.37. The SMILES string of the molecule is O=C1CC(c2ccccc2)CN1c1ccc2c(c1)C1(CCCCCCCCCC1)CNC2. The van der Waals surface area contributed by atoms with E-state index in [2.05, 4.69) is 58.7 Å². The molecule has 1 saturated carbocycles. The van der Waals surface area contributed by atoms with Gasteiger partial charge in [-0.3, -0.25) is 4.79 Å². The number of hydrogen-bond acceptors (Lipinski definition) is 2. The summed E-state index contributed by atoms with van der Waals surface area (Å²) >= 11 is 0. The topological polar surface area (TPSA) is 32.3 Å². The molecule has 2 fully saturated rings. The van der Waals surface area contributed by atoms with E-state index in [1.807, 2.05) is 0 Å². The highest BCUT2D eigenvalue weighted by molar-refractivity contribution is 5.96. The van der Waals surface area contributed by atoms with E-state index in [0.29, 0.717) is 12.3 Å². The average Bonchev–Trinajstić information content (AvgIpc) is 3.20. The first-order chi connectivity index (χ1) is 15.8. The summed E-state index contributed by atoms with van der Waals surface area (Å²) in [7, 11) is 0. The summed E-state index contributed by atoms with van der Waals surface area (Å²) in [6, 6.07) is 17.4. The molecule has 2 aromatic rings. The van der Waals surface area contributed by atoms with Gasteiger partial charge in [-0.15, -0.1) is 0 Å². The Morgan fingerprint density at radius 1 is 0.844 bits per heavy atom. The van der Waals surface area contributed by atoms with E-state index in [0.717, 1.165) is 25.3 Å². The molecule has 1 aliphatic carbocycles. The van der Waals surface area contributed by atoms with E-state index in [-0.39, 0.29) is 11.3 Å². The maximum Gasteiger partial charge on any atom is 0.227 e. The summed E-state index contributed by atoms with van der Waals surface area (Å²) in [5.41, 5.74) is 5.61. The van der Waals surface area contributed by atoms with E-state index in [1.165, 1.54) is 80.9 Å². The Morgan fingerprint density at radius 3 is 2.25 bits per heavy atom. The molecular formula is C29H38N2O. The molecule has 1 amide bonds. The largest absolute Gasteiger partial charge is 0.312 e. The fraction of sp³-hybridized carbons (Fsp3) is 0.552. The van der Waals surface area contributed by atoms with Crippen molar-refractivity contribution in [2.45, 2.75) is 88.5 Å². The standard InChI is InChI=1S/C29H38N2O/c32-28-18-25(23-12-8-7-9-13-23)21-31(28)26-15-14-24-20-30-22-29(27(24)19-26)16-10-5-3-1-2-4-6-11-17-29/h7-9,12-15,19,25,30H,1-6,10-11,16-18,20-22H2. The van der Waals surface area contributed by atoms with Crippen LogP contribution in [-0.4, -0.2) is 19.0 Å². The number of hydrogen-bond donors (Lipinski definition) is 1. The number of benzene rings is 2. The lowest BCUT2D eigenvalue weighted by Crippen LogP contribution is -2.43. The van der Waals surface area contributed by atoms with Crippen LogP contribution in [-0.2, 0) is 16.8 Å². The summed E-state index contributed by atoms with van der Waals surface area (Å²) in [6.45, 7) is 2.84. The smallest absolute Gasteiger partial charge is 0.227 e. The maximum absolute atomic E-state index is 13.0. The Morgan fingerprint density at radius 2 is 1.53 bits per heavy atom. The van der Waals surface area contributed by atoms with Crippen molar-refractivity contribution in [2.75, 3.05) is 18.0 Å². The van der Waals surface area contributed by atoms with Gasteiger partial charge >= 0.3 is 0 Å². The fourth-order valence-corrected chi connectivity index (χ4v) is 6.38. The monoisotopic (exact) mass is 430 g/mol. The number of amides is 1. The molecule has 3 aliphatic rings. The molecule has 0 aromatic heterocycles. The van der Waals surface area contributed by atoms with Crippen LogP contribution in [0.1, 0.15) is 93.2 Å². The van der Waals surface area contributed by atoms with Crippen molar-refractivity contribution < 1.29 is 4.79 Å². The van der Waals surface area contributed by atoms with Crippen molar-refractivity contribution in [3.05, 3.63) is 65.2 Å². The van der Waals surface area contributed by atoms with E-state index in [1.54, 1.807) is 0 Å². The average molecular weight is 431 g/mol. The van der Waals surface area contributed by atoms with Crippen LogP contribution in [0.15, 0.2) is 48.5 Å². The molecule has 1 unspecified atom stereocenters. The molecule has 1 atom stereocenters. The molecular weight excluding hydrogens is 392 g/mol. The minimum atomic E-state index is 0.232. The molecule has 3 heteroatoms. The molecule has 0 bridgehead atoms. The highest BCUT2D eigenvalue weighted by Crippen LogP contribution is 2.42. The van der Waals surface area contributed by atoms with Crippen LogP contribution in [0, 0.1) is 0 Å². The van der Waals surface area contributed by atoms with Crippen LogP contribution in [0.3, 0.4) is 0 Å². The molecule has 5 rings (SSSR count). The number of carbonyl (C=O) groups is 1. The predicted octanol–water partition coefficient (Wildman–Crippen LogP) is 6.46. The molecule has 32 heavy (non-hydrogen) atoms. The summed E-state index contributed by atoms with van der Waals surface area (Å²) < 4.78 is 0. The second kappa shape index (κ2) is 9.79. The minimum absolute atomic E-state index is 0.232. The van der Waals surface area contributed by atoms with Crippen LogP contribution >= 0.6 is 0 Å². The third-order valence-electron chi connectivity index (χ3n) is 8.21. The van der Waals surface area contributed by atoms with Crippen molar-refractivity contribution in [3.63, 3.8) is 0 Å². The first-order valence-corrected chi connectivity index (χ1v) is 12.9. The van der Waals surface area contributed by atoms with Crippen molar-refractivity contribution in [1.29, 1.82) is 0 Å². The van der Waals surface area contributed by atoms with Gasteiger partial charge < -0.3 is 10.2 Å². The third-order valence-corrected chi connectivity index (χ3v) is 8.21. The molecule has 2 aliphatic heterocycles. The second-order valence-corrected chi connectivity index (χ2v) is 10.4. The van der Waals surface area contributed by atoms with Crippen LogP contribution in [0.2, 0.25) is 0 Å². The van der Waals surface area contributed by atoms with Crippen molar-refractivity contribution in [2.24, 2.45) is 0 Å². The van der Waals surface area contributed by atoms with Gasteiger partial charge in [0.1, 0.15) is 0 Å². The quantitative estimate of drug-likeness (QED) is 0.593. The Hall–Kier alpha value is -2.13. The maximum atomic E-state index is 13.0. The van der Waals surface area contributed by atoms with Gasteiger partial charge in [0.25, 0.3) is 0 Å². The van der Waals surface area contributed by atoms with E-state index in [9.17, 15) is 4.79 Å². The van der Waals surface area contributed by atoms with E-state index < -0.39 is 0 Å². The van der Waals surface area contributed by atoms with Gasteiger partial charge in [-0.25, -0.2) is 0 Å². The molecule has 1 spiro atoms. The van der Waals surface area contributed by atoms with Crippen LogP contribution < -0.4 is 10.2 Å². The number of nitrogens with zero attached hydrogens (tertiary/aromatic N) is 1. The summed E-state index contributed by atoms with van der Waals surface area (Å²) in [4.78, 5) is 15.1. The highest BCUT2D eigenvalue weighted by atomic mass is 16.2. The predicted molar refractivity (Wildman–Crippen MR) is 132 cm³/mol. The van der Waals surface area contributed by atoms with Gasteiger partial charge in [-0.1, -0.05) is 87.8 Å². The molecule has 0 radical (unpaired) electrons. The third kappa shape index (κ3) is 4.50. The summed E-state index contributed by atoms with van der Waals surface area (Å²) in [5.74, 6) is 0.567. The van der Waals surface area contributed by atoms with E-state index in [4.69, 9.17) is 0 Å². The normalized spacial score (nSPS) is 24.2. The van der Waals surface area contributed by atoms with Crippen molar-refractivity contribution in [1.82, 2.24) is 5.32 Å². The molecule has 3 nitrogen and oxygen atoms in total. The number of nitrogens with one attached hydrogen (secondary N) is 1. The first-order valence-electron chi connectivity index (χ1n) is 12.9. The molecule has 1 N–H and O–H groups in total. The number of carbonyl (C=O) groups excluding carboxylic acids is 1. The zero-order chi connectivity index (χ0) is 21.8. The zero-order valence-electron chi connectivity index (χ0n) is 19.5. The van der Waals surface area contributed by atoms with Crippen molar-refractivity contribution in [3.8, 4) is 0 Å². The summed E-state index contributed by atoms with van der Waals surface area (Å²) in [5, 5.41) is 3.75. The lowest BCUT2D eigenvalue weighted by Gasteiger charge is -2.41.